The number of likely N-dealkylation sites (N-methyl/N-ethyl adjacent to an activating group) is 1. The fourth-order valence-corrected chi connectivity index (χ4v) is 4.37. The van der Waals surface area contributed by atoms with Gasteiger partial charge in [-0.2, -0.15) is 0 Å². The maximum absolute atomic E-state index is 12.5. The molecule has 24 heavy (non-hydrogen) atoms. The highest BCUT2D eigenvalue weighted by Crippen LogP contribution is 2.49. The molecule has 4 rings (SSSR count). The predicted molar refractivity (Wildman–Crippen MR) is 93.6 cm³/mol. The molecule has 0 radical (unpaired) electrons. The van der Waals surface area contributed by atoms with Crippen LogP contribution in [0.5, 0.6) is 0 Å². The third-order valence-corrected chi connectivity index (χ3v) is 5.89. The number of likely N-dealkylation sites (tertiary alicyclic amines) is 1. The molecule has 1 saturated carbocycles. The minimum absolute atomic E-state index is 0.119. The normalized spacial score (nSPS) is 29.9. The summed E-state index contributed by atoms with van der Waals surface area (Å²) in [6.45, 7) is 6.86. The molecule has 3 aliphatic rings. The third-order valence-electron chi connectivity index (χ3n) is 5.89. The maximum atomic E-state index is 12.5. The summed E-state index contributed by atoms with van der Waals surface area (Å²) in [5.41, 5.74) is 0.802. The highest BCUT2D eigenvalue weighted by Gasteiger charge is 2.61. The monoisotopic (exact) mass is 328 g/mol. The van der Waals surface area contributed by atoms with E-state index < -0.39 is 5.60 Å². The van der Waals surface area contributed by atoms with Crippen molar-refractivity contribution in [2.45, 2.75) is 56.8 Å². The van der Waals surface area contributed by atoms with Crippen molar-refractivity contribution in [2.24, 2.45) is 0 Å². The first-order chi connectivity index (χ1) is 11.6. The number of carbonyl (C=O) groups is 1. The van der Waals surface area contributed by atoms with Gasteiger partial charge in [0.1, 0.15) is 5.60 Å². The fraction of sp³-hybridized carbons (Fsp3) is 0.650. The predicted octanol–water partition coefficient (Wildman–Crippen LogP) is 2.82. The summed E-state index contributed by atoms with van der Waals surface area (Å²) in [5, 5.41) is 0. The van der Waals surface area contributed by atoms with Crippen LogP contribution < -0.4 is 0 Å². The van der Waals surface area contributed by atoms with E-state index in [0.29, 0.717) is 0 Å². The molecule has 1 atom stereocenters. The van der Waals surface area contributed by atoms with Crippen molar-refractivity contribution >= 4 is 5.91 Å². The number of amides is 1. The number of hydrogen-bond donors (Lipinski definition) is 0. The van der Waals surface area contributed by atoms with Gasteiger partial charge in [0.2, 0.25) is 0 Å². The van der Waals surface area contributed by atoms with E-state index in [1.807, 2.05) is 4.90 Å². The van der Waals surface area contributed by atoms with Crippen molar-refractivity contribution in [3.63, 3.8) is 0 Å². The van der Waals surface area contributed by atoms with Crippen LogP contribution in [0, 0.1) is 0 Å². The second-order valence-electron chi connectivity index (χ2n) is 7.71. The molecule has 2 aliphatic heterocycles. The Hall–Kier alpha value is -1.39. The summed E-state index contributed by atoms with van der Waals surface area (Å²) in [4.78, 5) is 17.1. The summed E-state index contributed by atoms with van der Waals surface area (Å²) in [6, 6.07) is 10.7. The molecule has 1 aromatic rings. The van der Waals surface area contributed by atoms with Gasteiger partial charge in [0.05, 0.1) is 5.60 Å². The Kier molecular flexibility index (Phi) is 4.13. The molecule has 1 aromatic carbocycles. The van der Waals surface area contributed by atoms with E-state index in [2.05, 4.69) is 42.2 Å². The molecule has 4 heteroatoms. The van der Waals surface area contributed by atoms with Gasteiger partial charge in [-0.1, -0.05) is 30.3 Å². The molecule has 0 N–H and O–H groups in total. The lowest BCUT2D eigenvalue weighted by Crippen LogP contribution is -2.60. The Morgan fingerprint density at radius 1 is 1.08 bits per heavy atom. The van der Waals surface area contributed by atoms with Gasteiger partial charge in [0.25, 0.3) is 5.91 Å². The highest BCUT2D eigenvalue weighted by molar-refractivity contribution is 5.89. The Balaban J connectivity index is 1.45. The Morgan fingerprint density at radius 3 is 2.58 bits per heavy atom. The molecular weight excluding hydrogens is 300 g/mol. The molecule has 2 saturated heterocycles. The van der Waals surface area contributed by atoms with E-state index in [0.717, 1.165) is 64.8 Å². The second kappa shape index (κ2) is 6.16. The van der Waals surface area contributed by atoms with Crippen LogP contribution in [-0.2, 0) is 16.1 Å². The first kappa shape index (κ1) is 16.1. The van der Waals surface area contributed by atoms with E-state index in [1.165, 1.54) is 5.56 Å². The van der Waals surface area contributed by atoms with Crippen molar-refractivity contribution in [1.82, 2.24) is 9.80 Å². The fourth-order valence-electron chi connectivity index (χ4n) is 4.37. The van der Waals surface area contributed by atoms with Gasteiger partial charge in [-0.25, -0.2) is 0 Å². The van der Waals surface area contributed by atoms with Gasteiger partial charge in [0, 0.05) is 26.2 Å². The molecule has 3 fully saturated rings. The van der Waals surface area contributed by atoms with Crippen molar-refractivity contribution in [1.29, 1.82) is 0 Å². The van der Waals surface area contributed by atoms with E-state index in [9.17, 15) is 4.79 Å². The smallest absolute Gasteiger partial charge is 0.254 e. The minimum Gasteiger partial charge on any atom is -0.357 e. The summed E-state index contributed by atoms with van der Waals surface area (Å²) in [7, 11) is 0. The average Bonchev–Trinajstić information content (AvgIpc) is 3.39. The number of carbonyl (C=O) groups excluding carboxylic acids is 1. The molecule has 1 aliphatic carbocycles. The molecule has 0 bridgehead atoms. The van der Waals surface area contributed by atoms with Crippen LogP contribution in [0.3, 0.4) is 0 Å². The number of hydrogen-bond acceptors (Lipinski definition) is 3. The Labute approximate surface area is 144 Å². The van der Waals surface area contributed by atoms with E-state index in [1.54, 1.807) is 0 Å². The number of morpholine rings is 1. The molecule has 0 aromatic heterocycles. The van der Waals surface area contributed by atoms with Crippen LogP contribution in [0.15, 0.2) is 30.3 Å². The zero-order chi connectivity index (χ0) is 16.6. The van der Waals surface area contributed by atoms with E-state index >= 15 is 0 Å². The maximum Gasteiger partial charge on any atom is 0.254 e. The van der Waals surface area contributed by atoms with E-state index in [-0.39, 0.29) is 11.5 Å². The van der Waals surface area contributed by atoms with Crippen molar-refractivity contribution < 1.29 is 9.53 Å². The lowest BCUT2D eigenvalue weighted by atomic mass is 9.91. The standard InChI is InChI=1S/C20H28N2O2/c1-2-22-16-19(24-20(10-11-20)18(22)23)9-6-13-21(14-12-19)15-17-7-4-3-5-8-17/h3-5,7-8H,2,6,9-16H2,1H3/t19-/m0/s1. The SMILES string of the molecule is CCN1C[C@@]2(CCCN(Cc3ccccc3)CC2)OC2(CC2)C1=O. The Morgan fingerprint density at radius 2 is 1.88 bits per heavy atom. The topological polar surface area (TPSA) is 32.8 Å². The van der Waals surface area contributed by atoms with Gasteiger partial charge in [0.15, 0.2) is 0 Å². The van der Waals surface area contributed by atoms with Crippen molar-refractivity contribution in [2.75, 3.05) is 26.2 Å². The van der Waals surface area contributed by atoms with Crippen LogP contribution in [0.4, 0.5) is 0 Å². The summed E-state index contributed by atoms with van der Waals surface area (Å²) in [5.74, 6) is 0.237. The average molecular weight is 328 g/mol. The Bertz CT molecular complexity index is 599. The van der Waals surface area contributed by atoms with Gasteiger partial charge >= 0.3 is 0 Å². The van der Waals surface area contributed by atoms with Crippen LogP contribution >= 0.6 is 0 Å². The first-order valence-electron chi connectivity index (χ1n) is 9.41. The molecule has 0 unspecified atom stereocenters. The number of rotatable bonds is 3. The minimum atomic E-state index is -0.455. The molecule has 2 spiro atoms. The number of benzene rings is 1. The molecule has 1 amide bonds. The van der Waals surface area contributed by atoms with Crippen molar-refractivity contribution in [3.05, 3.63) is 35.9 Å². The van der Waals surface area contributed by atoms with Gasteiger partial charge in [-0.05, 0) is 51.1 Å². The molecule has 130 valence electrons. The summed E-state index contributed by atoms with van der Waals surface area (Å²) in [6.07, 6.45) is 5.08. The number of nitrogens with zero attached hydrogens (tertiary/aromatic N) is 2. The van der Waals surface area contributed by atoms with Gasteiger partial charge in [-0.3, -0.25) is 9.69 Å². The van der Waals surface area contributed by atoms with E-state index in [4.69, 9.17) is 4.74 Å². The van der Waals surface area contributed by atoms with Gasteiger partial charge < -0.3 is 9.64 Å². The van der Waals surface area contributed by atoms with Gasteiger partial charge in [-0.15, -0.1) is 0 Å². The van der Waals surface area contributed by atoms with Crippen LogP contribution in [0.25, 0.3) is 0 Å². The molecule has 4 nitrogen and oxygen atoms in total. The van der Waals surface area contributed by atoms with Crippen LogP contribution in [0.2, 0.25) is 0 Å². The largest absolute Gasteiger partial charge is 0.357 e. The number of ether oxygens (including phenoxy) is 1. The van der Waals surface area contributed by atoms with Crippen molar-refractivity contribution in [3.8, 4) is 0 Å². The molecular formula is C20H28N2O2. The van der Waals surface area contributed by atoms with Crippen LogP contribution in [-0.4, -0.2) is 53.1 Å². The third kappa shape index (κ3) is 2.98. The second-order valence-corrected chi connectivity index (χ2v) is 7.71. The lowest BCUT2D eigenvalue weighted by molar-refractivity contribution is -0.193. The highest BCUT2D eigenvalue weighted by atomic mass is 16.5. The zero-order valence-electron chi connectivity index (χ0n) is 14.7. The summed E-state index contributed by atoms with van der Waals surface area (Å²) >= 11 is 0. The lowest BCUT2D eigenvalue weighted by Gasteiger charge is -2.46. The van der Waals surface area contributed by atoms with Crippen LogP contribution in [0.1, 0.15) is 44.6 Å². The first-order valence-corrected chi connectivity index (χ1v) is 9.41. The summed E-state index contributed by atoms with van der Waals surface area (Å²) < 4.78 is 6.52. The quantitative estimate of drug-likeness (QED) is 0.855. The zero-order valence-corrected chi connectivity index (χ0v) is 14.7. The molecule has 2 heterocycles.